The summed E-state index contributed by atoms with van der Waals surface area (Å²) in [4.78, 5) is 0. The number of halogens is 2. The Morgan fingerprint density at radius 3 is 1.70 bits per heavy atom. The fourth-order valence-electron chi connectivity index (χ4n) is 3.20. The van der Waals surface area contributed by atoms with Gasteiger partial charge in [0.15, 0.2) is 16.6 Å². The lowest BCUT2D eigenvalue weighted by molar-refractivity contribution is 0.0325. The first-order valence-corrected chi connectivity index (χ1v) is 17.6. The Balaban J connectivity index is 2.77. The molecule has 0 radical (unpaired) electrons. The van der Waals surface area contributed by atoms with E-state index in [0.717, 1.165) is 5.56 Å². The second kappa shape index (κ2) is 9.72. The molecule has 0 spiro atoms. The molecule has 2 rings (SSSR count). The van der Waals surface area contributed by atoms with Crippen molar-refractivity contribution in [3.05, 3.63) is 70.8 Å². The first kappa shape index (κ1) is 27.9. The molecule has 0 aromatic heterocycles. The molecule has 0 N–H and O–H groups in total. The van der Waals surface area contributed by atoms with Crippen molar-refractivity contribution < 1.29 is 17.6 Å². The molecule has 2 atom stereocenters. The number of hydrogen-bond donors (Lipinski definition) is 0. The van der Waals surface area contributed by atoms with Crippen LogP contribution < -0.4 is 0 Å². The summed E-state index contributed by atoms with van der Waals surface area (Å²) in [6, 6.07) is 11.6. The SMILES string of the molecule is Cc1c(F)cccc1[C@@H](O[Si](C)(C)C(C)(C)C)[C@H](O[Si](C)(C)C(C)(C)C)c1cccc(F)c1. The minimum Gasteiger partial charge on any atom is -0.407 e. The molecule has 0 saturated carbocycles. The largest absolute Gasteiger partial charge is 0.407 e. The second-order valence-electron chi connectivity index (χ2n) is 12.1. The maximum Gasteiger partial charge on any atom is 0.193 e. The zero-order valence-electron chi connectivity index (χ0n) is 22.3. The standard InChI is InChI=1S/C27H42F2O2Si2/c1-19-22(16-13-17-23(19)29)25(31-33(10,11)27(5,6)7)24(20-14-12-15-21(28)18-20)30-32(8,9)26(2,3)4/h12-18,24-25H,1-11H3/t24-,25-/m1/s1. The first-order chi connectivity index (χ1) is 14.9. The highest BCUT2D eigenvalue weighted by Gasteiger charge is 2.46. The zero-order chi connectivity index (χ0) is 25.4. The zero-order valence-corrected chi connectivity index (χ0v) is 24.3. The molecule has 0 aliphatic rings. The molecule has 0 amide bonds. The quantitative estimate of drug-likeness (QED) is 0.359. The molecule has 6 heteroatoms. The number of hydrogen-bond acceptors (Lipinski definition) is 2. The topological polar surface area (TPSA) is 18.5 Å². The van der Waals surface area contributed by atoms with Gasteiger partial charge in [-0.15, -0.1) is 0 Å². The van der Waals surface area contributed by atoms with Crippen molar-refractivity contribution in [2.75, 3.05) is 0 Å². The molecule has 0 saturated heterocycles. The Morgan fingerprint density at radius 2 is 1.21 bits per heavy atom. The van der Waals surface area contributed by atoms with Crippen molar-refractivity contribution in [2.24, 2.45) is 0 Å². The molecule has 0 bridgehead atoms. The van der Waals surface area contributed by atoms with Gasteiger partial charge in [-0.3, -0.25) is 0 Å². The summed E-state index contributed by atoms with van der Waals surface area (Å²) < 4.78 is 43.1. The van der Waals surface area contributed by atoms with Crippen LogP contribution in [-0.4, -0.2) is 16.6 Å². The van der Waals surface area contributed by atoms with Crippen molar-refractivity contribution in [3.8, 4) is 0 Å². The third-order valence-corrected chi connectivity index (χ3v) is 16.4. The second-order valence-corrected chi connectivity index (χ2v) is 21.6. The summed E-state index contributed by atoms with van der Waals surface area (Å²) in [5.41, 5.74) is 2.02. The average Bonchev–Trinajstić information content (AvgIpc) is 2.65. The Kier molecular flexibility index (Phi) is 8.22. The summed E-state index contributed by atoms with van der Waals surface area (Å²) in [6.07, 6.45) is -1.12. The van der Waals surface area contributed by atoms with Crippen LogP contribution in [0.4, 0.5) is 8.78 Å². The minimum atomic E-state index is -2.30. The Hall–Kier alpha value is -1.35. The van der Waals surface area contributed by atoms with E-state index in [9.17, 15) is 8.78 Å². The highest BCUT2D eigenvalue weighted by atomic mass is 28.4. The monoisotopic (exact) mass is 492 g/mol. The maximum atomic E-state index is 14.7. The third-order valence-electron chi connectivity index (χ3n) is 7.52. The van der Waals surface area contributed by atoms with Gasteiger partial charge in [-0.1, -0.05) is 65.8 Å². The highest BCUT2D eigenvalue weighted by molar-refractivity contribution is 6.74. The molecular formula is C27H42F2O2Si2. The van der Waals surface area contributed by atoms with E-state index in [1.807, 2.05) is 12.1 Å². The molecule has 0 aliphatic carbocycles. The molecule has 2 aromatic carbocycles. The first-order valence-electron chi connectivity index (χ1n) is 11.7. The van der Waals surface area contributed by atoms with E-state index in [1.165, 1.54) is 18.2 Å². The van der Waals surface area contributed by atoms with Gasteiger partial charge in [-0.25, -0.2) is 8.78 Å². The lowest BCUT2D eigenvalue weighted by atomic mass is 9.95. The van der Waals surface area contributed by atoms with E-state index < -0.39 is 28.8 Å². The smallest absolute Gasteiger partial charge is 0.193 e. The molecule has 2 nitrogen and oxygen atoms in total. The van der Waals surface area contributed by atoms with Gasteiger partial charge in [0.05, 0.1) is 6.10 Å². The van der Waals surface area contributed by atoms with Gasteiger partial charge >= 0.3 is 0 Å². The summed E-state index contributed by atoms with van der Waals surface area (Å²) in [5.74, 6) is -0.597. The summed E-state index contributed by atoms with van der Waals surface area (Å²) in [7, 11) is -4.60. The molecule has 184 valence electrons. The molecule has 0 heterocycles. The van der Waals surface area contributed by atoms with E-state index in [2.05, 4.69) is 67.7 Å². The number of benzene rings is 2. The van der Waals surface area contributed by atoms with E-state index >= 15 is 0 Å². The van der Waals surface area contributed by atoms with Gasteiger partial charge < -0.3 is 8.85 Å². The summed E-state index contributed by atoms with van der Waals surface area (Å²) in [6.45, 7) is 23.6. The van der Waals surface area contributed by atoms with Crippen molar-refractivity contribution in [1.82, 2.24) is 0 Å². The average molecular weight is 493 g/mol. The van der Waals surface area contributed by atoms with Crippen LogP contribution in [0, 0.1) is 18.6 Å². The molecule has 2 aromatic rings. The van der Waals surface area contributed by atoms with Crippen LogP contribution >= 0.6 is 0 Å². The van der Waals surface area contributed by atoms with Crippen LogP contribution in [0.3, 0.4) is 0 Å². The van der Waals surface area contributed by atoms with Gasteiger partial charge in [-0.2, -0.15) is 0 Å². The highest BCUT2D eigenvalue weighted by Crippen LogP contribution is 2.48. The molecule has 0 aliphatic heterocycles. The number of rotatable bonds is 7. The van der Waals surface area contributed by atoms with Crippen LogP contribution in [0.5, 0.6) is 0 Å². The van der Waals surface area contributed by atoms with Crippen LogP contribution in [0.2, 0.25) is 36.3 Å². The predicted octanol–water partition coefficient (Wildman–Crippen LogP) is 9.10. The Bertz CT molecular complexity index is 959. The Labute approximate surface area is 202 Å². The lowest BCUT2D eigenvalue weighted by Crippen LogP contribution is -2.46. The third kappa shape index (κ3) is 6.41. The van der Waals surface area contributed by atoms with Crippen LogP contribution in [0.15, 0.2) is 42.5 Å². The van der Waals surface area contributed by atoms with Crippen molar-refractivity contribution in [3.63, 3.8) is 0 Å². The molecular weight excluding hydrogens is 450 g/mol. The van der Waals surface area contributed by atoms with Gasteiger partial charge in [-0.05, 0) is 78.1 Å². The predicted molar refractivity (Wildman–Crippen MR) is 140 cm³/mol. The summed E-state index contributed by atoms with van der Waals surface area (Å²) in [5, 5.41) is -0.118. The van der Waals surface area contributed by atoms with Gasteiger partial charge in [0, 0.05) is 0 Å². The normalized spacial score (nSPS) is 15.4. The van der Waals surface area contributed by atoms with Gasteiger partial charge in [0.1, 0.15) is 17.7 Å². The fourth-order valence-corrected chi connectivity index (χ4v) is 5.68. The maximum absolute atomic E-state index is 14.7. The molecule has 33 heavy (non-hydrogen) atoms. The van der Waals surface area contributed by atoms with E-state index in [4.69, 9.17) is 8.85 Å². The van der Waals surface area contributed by atoms with Crippen molar-refractivity contribution >= 4 is 16.6 Å². The lowest BCUT2D eigenvalue weighted by Gasteiger charge is -2.45. The summed E-state index contributed by atoms with van der Waals surface area (Å²) >= 11 is 0. The molecule has 0 unspecified atom stereocenters. The van der Waals surface area contributed by atoms with Gasteiger partial charge in [0.25, 0.3) is 0 Å². The minimum absolute atomic E-state index is 0.0585. The van der Waals surface area contributed by atoms with E-state index in [0.29, 0.717) is 11.1 Å². The van der Waals surface area contributed by atoms with Crippen LogP contribution in [0.1, 0.15) is 70.4 Å². The van der Waals surface area contributed by atoms with Crippen molar-refractivity contribution in [2.45, 2.75) is 96.9 Å². The van der Waals surface area contributed by atoms with E-state index in [1.54, 1.807) is 19.1 Å². The van der Waals surface area contributed by atoms with Crippen LogP contribution in [-0.2, 0) is 8.85 Å². The Morgan fingerprint density at radius 1 is 0.727 bits per heavy atom. The van der Waals surface area contributed by atoms with E-state index in [-0.39, 0.29) is 21.7 Å². The van der Waals surface area contributed by atoms with Gasteiger partial charge in [0.2, 0.25) is 0 Å². The van der Waals surface area contributed by atoms with Crippen LogP contribution in [0.25, 0.3) is 0 Å². The fraction of sp³-hybridized carbons (Fsp3) is 0.556. The molecule has 0 fully saturated rings. The van der Waals surface area contributed by atoms with Crippen molar-refractivity contribution in [1.29, 1.82) is 0 Å².